The number of hydrogen-bond acceptors (Lipinski definition) is 3. The number of rotatable bonds is 7. The van der Waals surface area contributed by atoms with Gasteiger partial charge in [-0.15, -0.1) is 0 Å². The Balaban J connectivity index is 0.974. The maximum atomic E-state index is 3.91. The molecule has 2 aliphatic heterocycles. The third-order valence-electron chi connectivity index (χ3n) is 13.6. The minimum absolute atomic E-state index is 0.00285. The van der Waals surface area contributed by atoms with Gasteiger partial charge in [0.1, 0.15) is 6.17 Å². The summed E-state index contributed by atoms with van der Waals surface area (Å²) < 4.78 is 2.51. The topological polar surface area (TPSA) is 32.2 Å². The van der Waals surface area contributed by atoms with Crippen molar-refractivity contribution < 1.29 is 0 Å². The van der Waals surface area contributed by atoms with Gasteiger partial charge in [0.15, 0.2) is 0 Å². The van der Waals surface area contributed by atoms with Crippen LogP contribution in [-0.2, 0) is 0 Å². The van der Waals surface area contributed by atoms with Crippen LogP contribution in [0, 0.1) is 0 Å². The summed E-state index contributed by atoms with van der Waals surface area (Å²) in [4.78, 5) is 2.54. The van der Waals surface area contributed by atoms with Crippen LogP contribution in [0.3, 0.4) is 0 Å². The minimum Gasteiger partial charge on any atom is -0.366 e. The highest BCUT2D eigenvalue weighted by Crippen LogP contribution is 2.52. The summed E-state index contributed by atoms with van der Waals surface area (Å²) in [6.07, 6.45) is 24.7. The molecule has 2 N–H and O–H groups in total. The van der Waals surface area contributed by atoms with Crippen molar-refractivity contribution in [2.24, 2.45) is 0 Å². The van der Waals surface area contributed by atoms with Crippen molar-refractivity contribution in [3.63, 3.8) is 0 Å². The normalized spacial score (nSPS) is 19.1. The number of allylic oxidation sites excluding steroid dienone is 10. The zero-order valence-corrected chi connectivity index (χ0v) is 35.9. The second-order valence-corrected chi connectivity index (χ2v) is 17.5. The predicted octanol–water partition coefficient (Wildman–Crippen LogP) is 14.6. The molecule has 3 heterocycles. The van der Waals surface area contributed by atoms with Gasteiger partial charge in [0.05, 0.1) is 28.6 Å². The largest absolute Gasteiger partial charge is 0.366 e. The first-order valence-corrected chi connectivity index (χ1v) is 23.0. The first-order valence-electron chi connectivity index (χ1n) is 23.0. The number of nitrogens with zero attached hydrogens (tertiary/aromatic N) is 2. The maximum Gasteiger partial charge on any atom is 0.104 e. The number of fused-ring (bicyclic) bond motifs is 6. The molecule has 310 valence electrons. The molecule has 12 rings (SSSR count). The van der Waals surface area contributed by atoms with Crippen molar-refractivity contribution in [3.05, 3.63) is 246 Å². The molecule has 0 spiro atoms. The van der Waals surface area contributed by atoms with Gasteiger partial charge in [-0.3, -0.25) is 5.32 Å². The molecule has 4 heteroatoms. The summed E-state index contributed by atoms with van der Waals surface area (Å²) in [5.74, 6) is 0. The Morgan fingerprint density at radius 1 is 0.562 bits per heavy atom. The van der Waals surface area contributed by atoms with E-state index in [1.807, 2.05) is 0 Å². The van der Waals surface area contributed by atoms with Crippen LogP contribution in [0.4, 0.5) is 11.4 Å². The highest BCUT2D eigenvalue weighted by molar-refractivity contribution is 6.09. The van der Waals surface area contributed by atoms with Crippen LogP contribution < -0.4 is 15.5 Å². The second-order valence-electron chi connectivity index (χ2n) is 17.5. The summed E-state index contributed by atoms with van der Waals surface area (Å²) in [5.41, 5.74) is 21.5. The summed E-state index contributed by atoms with van der Waals surface area (Å²) in [7, 11) is 0. The van der Waals surface area contributed by atoms with E-state index in [9.17, 15) is 0 Å². The van der Waals surface area contributed by atoms with Crippen LogP contribution in [0.1, 0.15) is 72.6 Å². The second kappa shape index (κ2) is 16.4. The summed E-state index contributed by atoms with van der Waals surface area (Å²) in [6.45, 7) is 0. The molecule has 0 saturated heterocycles. The lowest BCUT2D eigenvalue weighted by Gasteiger charge is -2.34. The number of anilines is 2. The fourth-order valence-corrected chi connectivity index (χ4v) is 10.7. The third-order valence-corrected chi connectivity index (χ3v) is 13.6. The van der Waals surface area contributed by atoms with Crippen molar-refractivity contribution in [1.29, 1.82) is 0 Å². The molecule has 2 atom stereocenters. The van der Waals surface area contributed by atoms with Crippen molar-refractivity contribution in [3.8, 4) is 16.8 Å². The van der Waals surface area contributed by atoms with E-state index in [0.717, 1.165) is 38.5 Å². The van der Waals surface area contributed by atoms with Gasteiger partial charge in [-0.25, -0.2) is 0 Å². The van der Waals surface area contributed by atoms with E-state index in [2.05, 4.69) is 226 Å². The Kier molecular flexibility index (Phi) is 9.80. The van der Waals surface area contributed by atoms with Gasteiger partial charge in [-0.05, 0) is 132 Å². The molecule has 5 aliphatic rings. The number of hydrogen-bond donors (Lipinski definition) is 2. The van der Waals surface area contributed by atoms with Gasteiger partial charge in [-0.1, -0.05) is 152 Å². The van der Waals surface area contributed by atoms with Crippen LogP contribution in [0.2, 0.25) is 0 Å². The van der Waals surface area contributed by atoms with Crippen LogP contribution in [0.5, 0.6) is 0 Å². The minimum atomic E-state index is 0.00285. The molecule has 64 heavy (non-hydrogen) atoms. The monoisotopic (exact) mass is 826 g/mol. The van der Waals surface area contributed by atoms with Gasteiger partial charge < -0.3 is 14.8 Å². The number of para-hydroxylation sites is 3. The van der Waals surface area contributed by atoms with Crippen molar-refractivity contribution >= 4 is 44.7 Å². The molecule has 0 fully saturated rings. The van der Waals surface area contributed by atoms with E-state index in [1.54, 1.807) is 0 Å². The molecule has 0 bridgehead atoms. The van der Waals surface area contributed by atoms with Gasteiger partial charge in [0.25, 0.3) is 0 Å². The van der Waals surface area contributed by atoms with Crippen LogP contribution >= 0.6 is 0 Å². The summed E-state index contributed by atoms with van der Waals surface area (Å²) in [6, 6.07) is 58.3. The van der Waals surface area contributed by atoms with Gasteiger partial charge >= 0.3 is 0 Å². The van der Waals surface area contributed by atoms with Crippen LogP contribution in [0.25, 0.3) is 50.1 Å². The van der Waals surface area contributed by atoms with E-state index in [-0.39, 0.29) is 12.2 Å². The van der Waals surface area contributed by atoms with Crippen LogP contribution in [-0.4, -0.2) is 10.6 Å². The maximum absolute atomic E-state index is 3.91. The highest BCUT2D eigenvalue weighted by Gasteiger charge is 2.33. The third kappa shape index (κ3) is 6.74. The fourth-order valence-electron chi connectivity index (χ4n) is 10.7. The average Bonchev–Trinajstić information content (AvgIpc) is 3.66. The lowest BCUT2D eigenvalue weighted by Crippen LogP contribution is -2.44. The van der Waals surface area contributed by atoms with E-state index in [0.29, 0.717) is 0 Å². The first kappa shape index (κ1) is 38.3. The Bertz CT molecular complexity index is 3170. The van der Waals surface area contributed by atoms with E-state index in [4.69, 9.17) is 0 Å². The SMILES string of the molecule is C1=CCCC([C@H]2C=C(c3cccc(C4=C(c5cccc(N6C7=C(CCC=C7)c7c(c8ccccc8n7-c7ccccc7)-c7ccccc76)c5)C=CCC4)c3)NC(c3ccccc3)N2)=C1. The number of aromatic nitrogens is 1. The first-order chi connectivity index (χ1) is 31.8. The zero-order chi connectivity index (χ0) is 42.4. The Morgan fingerprint density at radius 3 is 2.16 bits per heavy atom. The zero-order valence-electron chi connectivity index (χ0n) is 35.9. The Hall–Kier alpha value is -7.40. The standard InChI is InChI=1S/C60H50N4/c1-4-20-41(21-5-1)53-40-54(62-60(61-53)42-22-6-2-7-23-42)45-26-18-24-43(38-45)48-30-10-11-31-49(48)44-25-19-29-47(39-44)63-55-35-15-12-32-50(55)58-51-33-13-16-36-56(51)64(46-27-8-3-9-28-46)59(58)52-34-14-17-37-57(52)63/h1-4,6-9,11-13,15-20,22-29,31-33,35-40,53,60-62H,5,10,14,21,30,34H2/t53-,60?/m1/s1. The lowest BCUT2D eigenvalue weighted by molar-refractivity contribution is 0.455. The molecule has 0 amide bonds. The van der Waals surface area contributed by atoms with Gasteiger partial charge in [0.2, 0.25) is 0 Å². The fraction of sp³-hybridized carbons (Fsp3) is 0.133. The average molecular weight is 827 g/mol. The molecule has 1 unspecified atom stereocenters. The van der Waals surface area contributed by atoms with E-state index in [1.165, 1.54) is 101 Å². The van der Waals surface area contributed by atoms with Gasteiger partial charge in [0, 0.05) is 39.2 Å². The number of benzene rings is 6. The van der Waals surface area contributed by atoms with E-state index < -0.39 is 0 Å². The van der Waals surface area contributed by atoms with Crippen molar-refractivity contribution in [2.75, 3.05) is 4.90 Å². The Morgan fingerprint density at radius 2 is 1.28 bits per heavy atom. The van der Waals surface area contributed by atoms with E-state index >= 15 is 0 Å². The van der Waals surface area contributed by atoms with Crippen LogP contribution in [0.15, 0.2) is 218 Å². The van der Waals surface area contributed by atoms with Crippen molar-refractivity contribution in [1.82, 2.24) is 15.2 Å². The summed E-state index contributed by atoms with van der Waals surface area (Å²) >= 11 is 0. The quantitative estimate of drug-likeness (QED) is 0.168. The molecule has 0 radical (unpaired) electrons. The molecule has 3 aliphatic carbocycles. The molecule has 0 saturated carbocycles. The molecule has 7 aromatic rings. The highest BCUT2D eigenvalue weighted by atomic mass is 15.2. The molecule has 1 aromatic heterocycles. The van der Waals surface area contributed by atoms with Crippen molar-refractivity contribution in [2.45, 2.75) is 50.7 Å². The molecular formula is C60H50N4. The predicted molar refractivity (Wildman–Crippen MR) is 268 cm³/mol. The smallest absolute Gasteiger partial charge is 0.104 e. The molecule has 6 aromatic carbocycles. The van der Waals surface area contributed by atoms with Gasteiger partial charge in [-0.2, -0.15) is 0 Å². The summed E-state index contributed by atoms with van der Waals surface area (Å²) in [5, 5.41) is 9.08. The number of nitrogens with one attached hydrogen (secondary N) is 2. The molecule has 4 nitrogen and oxygen atoms in total. The Labute approximate surface area is 376 Å². The molecular weight excluding hydrogens is 777 g/mol. The lowest BCUT2D eigenvalue weighted by atomic mass is 9.86.